The molecule has 0 aliphatic heterocycles. The maximum Gasteiger partial charge on any atom is 0.408 e. The van der Waals surface area contributed by atoms with Gasteiger partial charge in [0.15, 0.2) is 0 Å². The van der Waals surface area contributed by atoms with Crippen molar-refractivity contribution < 1.29 is 19.0 Å². The standard InChI is InChI=1S/C15H18NO4P/c1-3-13-10-15(13,21(18,19)4-2)16-14(17)20-11-12-8-6-5-7-9-12/h3-9,13H,1-2,10-11H2,(H,16,17)(H,18,19). The average Bonchev–Trinajstić information content (AvgIpc) is 3.21. The van der Waals surface area contributed by atoms with Crippen molar-refractivity contribution in [1.82, 2.24) is 5.32 Å². The minimum atomic E-state index is -3.71. The summed E-state index contributed by atoms with van der Waals surface area (Å²) in [5.74, 6) is 0.740. The highest BCUT2D eigenvalue weighted by molar-refractivity contribution is 7.63. The van der Waals surface area contributed by atoms with Crippen LogP contribution in [0.4, 0.5) is 4.79 Å². The molecule has 3 atom stereocenters. The molecule has 1 aliphatic carbocycles. The summed E-state index contributed by atoms with van der Waals surface area (Å²) in [6, 6.07) is 9.20. The average molecular weight is 307 g/mol. The predicted octanol–water partition coefficient (Wildman–Crippen LogP) is 3.23. The van der Waals surface area contributed by atoms with Crippen LogP contribution in [0, 0.1) is 5.92 Å². The van der Waals surface area contributed by atoms with E-state index in [4.69, 9.17) is 4.74 Å². The molecule has 1 saturated carbocycles. The number of ether oxygens (including phenoxy) is 1. The predicted molar refractivity (Wildman–Crippen MR) is 80.8 cm³/mol. The molecule has 0 aromatic heterocycles. The number of nitrogens with one attached hydrogen (secondary N) is 1. The number of carbonyl (C=O) groups excluding carboxylic acids is 1. The van der Waals surface area contributed by atoms with Crippen LogP contribution in [0.5, 0.6) is 0 Å². The van der Waals surface area contributed by atoms with Crippen molar-refractivity contribution in [3.63, 3.8) is 0 Å². The minimum absolute atomic E-state index is 0.103. The molecule has 0 saturated heterocycles. The Morgan fingerprint density at radius 3 is 2.67 bits per heavy atom. The van der Waals surface area contributed by atoms with Crippen molar-refractivity contribution in [3.05, 3.63) is 60.9 Å². The molecule has 0 radical (unpaired) electrons. The lowest BCUT2D eigenvalue weighted by Crippen LogP contribution is -2.38. The number of alkyl carbamates (subject to hydrolysis) is 1. The van der Waals surface area contributed by atoms with Crippen LogP contribution >= 0.6 is 7.37 Å². The van der Waals surface area contributed by atoms with E-state index in [2.05, 4.69) is 18.5 Å². The second-order valence-corrected chi connectivity index (χ2v) is 7.37. The molecule has 1 aromatic rings. The van der Waals surface area contributed by atoms with Crippen LogP contribution in [0.2, 0.25) is 0 Å². The summed E-state index contributed by atoms with van der Waals surface area (Å²) >= 11 is 0. The summed E-state index contributed by atoms with van der Waals surface area (Å²) < 4.78 is 17.3. The first-order valence-corrected chi connectivity index (χ1v) is 8.25. The normalized spacial score (nSPS) is 26.2. The molecule has 1 fully saturated rings. The minimum Gasteiger partial charge on any atom is -0.445 e. The first-order chi connectivity index (χ1) is 9.95. The van der Waals surface area contributed by atoms with Gasteiger partial charge >= 0.3 is 6.09 Å². The molecule has 0 heterocycles. The number of hydrogen-bond acceptors (Lipinski definition) is 3. The van der Waals surface area contributed by atoms with Crippen LogP contribution in [0.1, 0.15) is 12.0 Å². The Hall–Kier alpha value is -1.84. The van der Waals surface area contributed by atoms with Crippen molar-refractivity contribution in [2.75, 3.05) is 0 Å². The first-order valence-electron chi connectivity index (χ1n) is 6.53. The maximum atomic E-state index is 12.2. The number of benzene rings is 1. The topological polar surface area (TPSA) is 75.6 Å². The Balaban J connectivity index is 1.99. The summed E-state index contributed by atoms with van der Waals surface area (Å²) in [5, 5.41) is 1.30. The Bertz CT molecular complexity index is 601. The fourth-order valence-electron chi connectivity index (χ4n) is 2.25. The fourth-order valence-corrected chi connectivity index (χ4v) is 3.86. The van der Waals surface area contributed by atoms with E-state index in [1.54, 1.807) is 6.08 Å². The van der Waals surface area contributed by atoms with E-state index in [0.717, 1.165) is 11.4 Å². The van der Waals surface area contributed by atoms with Gasteiger partial charge in [0.05, 0.1) is 0 Å². The van der Waals surface area contributed by atoms with Crippen LogP contribution in [0.3, 0.4) is 0 Å². The molecule has 1 aromatic carbocycles. The summed E-state index contributed by atoms with van der Waals surface area (Å²) in [4.78, 5) is 21.8. The molecular weight excluding hydrogens is 289 g/mol. The molecule has 1 amide bonds. The molecule has 6 heteroatoms. The fraction of sp³-hybridized carbons (Fsp3) is 0.267. The van der Waals surface area contributed by atoms with Crippen molar-refractivity contribution in [2.45, 2.75) is 18.3 Å². The summed E-state index contributed by atoms with van der Waals surface area (Å²) in [7, 11) is -3.71. The SMILES string of the molecule is C=CC1CC1(NC(=O)OCc1ccccc1)P(=O)(O)C=C. The Morgan fingerprint density at radius 1 is 1.48 bits per heavy atom. The second-order valence-electron chi connectivity index (χ2n) is 4.96. The van der Waals surface area contributed by atoms with Gasteiger partial charge in [0.2, 0.25) is 7.37 Å². The molecule has 2 rings (SSSR count). The van der Waals surface area contributed by atoms with Crippen LogP contribution < -0.4 is 5.32 Å². The van der Waals surface area contributed by atoms with E-state index < -0.39 is 18.7 Å². The van der Waals surface area contributed by atoms with Crippen LogP contribution in [-0.2, 0) is 15.9 Å². The number of carbonyl (C=O) groups is 1. The molecule has 0 bridgehead atoms. The van der Waals surface area contributed by atoms with Gasteiger partial charge in [-0.05, 0) is 17.8 Å². The lowest BCUT2D eigenvalue weighted by molar-refractivity contribution is 0.136. The monoisotopic (exact) mass is 307 g/mol. The van der Waals surface area contributed by atoms with Gasteiger partial charge in [-0.3, -0.25) is 4.57 Å². The lowest BCUT2D eigenvalue weighted by Gasteiger charge is -2.22. The molecule has 21 heavy (non-hydrogen) atoms. The number of hydrogen-bond donors (Lipinski definition) is 2. The Labute approximate surface area is 123 Å². The highest BCUT2D eigenvalue weighted by Crippen LogP contribution is 2.70. The summed E-state index contributed by atoms with van der Waals surface area (Å²) in [6.45, 7) is 7.08. The van der Waals surface area contributed by atoms with Crippen LogP contribution in [0.25, 0.3) is 0 Å². The third kappa shape index (κ3) is 3.09. The van der Waals surface area contributed by atoms with Gasteiger partial charge in [-0.1, -0.05) is 43.0 Å². The largest absolute Gasteiger partial charge is 0.445 e. The van der Waals surface area contributed by atoms with Crippen molar-refractivity contribution >= 4 is 13.5 Å². The van der Waals surface area contributed by atoms with E-state index >= 15 is 0 Å². The zero-order chi connectivity index (χ0) is 15.5. The van der Waals surface area contributed by atoms with Gasteiger partial charge in [-0.2, -0.15) is 0 Å². The van der Waals surface area contributed by atoms with E-state index in [9.17, 15) is 14.3 Å². The summed E-state index contributed by atoms with van der Waals surface area (Å²) in [6.07, 6.45) is 1.19. The summed E-state index contributed by atoms with van der Waals surface area (Å²) in [5.41, 5.74) is 0.841. The molecule has 1 aliphatic rings. The smallest absolute Gasteiger partial charge is 0.408 e. The zero-order valence-corrected chi connectivity index (χ0v) is 12.5. The van der Waals surface area contributed by atoms with E-state index in [0.29, 0.717) is 6.42 Å². The molecule has 3 unspecified atom stereocenters. The molecule has 2 N–H and O–H groups in total. The van der Waals surface area contributed by atoms with Gasteiger partial charge in [-0.15, -0.1) is 6.58 Å². The molecule has 0 spiro atoms. The van der Waals surface area contributed by atoms with E-state index in [1.807, 2.05) is 30.3 Å². The van der Waals surface area contributed by atoms with Gasteiger partial charge in [-0.25, -0.2) is 4.79 Å². The number of rotatable bonds is 6. The van der Waals surface area contributed by atoms with Gasteiger partial charge in [0.1, 0.15) is 11.9 Å². The first kappa shape index (κ1) is 15.5. The van der Waals surface area contributed by atoms with Gasteiger partial charge < -0.3 is 14.9 Å². The lowest BCUT2D eigenvalue weighted by atomic mass is 10.2. The Kier molecular flexibility index (Phi) is 4.35. The van der Waals surface area contributed by atoms with Crippen LogP contribution in [-0.4, -0.2) is 16.3 Å². The maximum absolute atomic E-state index is 12.2. The quantitative estimate of drug-likeness (QED) is 0.625. The molecule has 5 nitrogen and oxygen atoms in total. The second kappa shape index (κ2) is 5.88. The van der Waals surface area contributed by atoms with Crippen LogP contribution in [0.15, 0.2) is 55.4 Å². The highest BCUT2D eigenvalue weighted by atomic mass is 31.2. The van der Waals surface area contributed by atoms with Gasteiger partial charge in [0.25, 0.3) is 0 Å². The Morgan fingerprint density at radius 2 is 2.14 bits per heavy atom. The van der Waals surface area contributed by atoms with E-state index in [-0.39, 0.29) is 12.5 Å². The molecule has 112 valence electrons. The third-order valence-corrected chi connectivity index (χ3v) is 5.88. The van der Waals surface area contributed by atoms with Crippen molar-refractivity contribution in [2.24, 2.45) is 5.92 Å². The van der Waals surface area contributed by atoms with Crippen molar-refractivity contribution in [1.29, 1.82) is 0 Å². The van der Waals surface area contributed by atoms with E-state index in [1.165, 1.54) is 0 Å². The van der Waals surface area contributed by atoms with Crippen molar-refractivity contribution in [3.8, 4) is 0 Å². The highest BCUT2D eigenvalue weighted by Gasteiger charge is 2.64. The number of amides is 1. The third-order valence-electron chi connectivity index (χ3n) is 3.62. The zero-order valence-electron chi connectivity index (χ0n) is 11.6. The molecular formula is C15H18NO4P. The van der Waals surface area contributed by atoms with Gasteiger partial charge in [0, 0.05) is 5.92 Å².